The maximum atomic E-state index is 14.0. The number of halogens is 1. The van der Waals surface area contributed by atoms with E-state index in [1.165, 1.54) is 6.07 Å². The van der Waals surface area contributed by atoms with Crippen molar-refractivity contribution in [2.75, 3.05) is 27.2 Å². The van der Waals surface area contributed by atoms with Crippen molar-refractivity contribution in [2.24, 2.45) is 0 Å². The van der Waals surface area contributed by atoms with Crippen molar-refractivity contribution >= 4 is 5.91 Å². The van der Waals surface area contributed by atoms with Crippen LogP contribution in [0.15, 0.2) is 71.1 Å². The topological polar surface area (TPSA) is 36.7 Å². The van der Waals surface area contributed by atoms with Gasteiger partial charge in [0.25, 0.3) is 5.91 Å². The molecule has 0 atom stereocenters. The van der Waals surface area contributed by atoms with Crippen molar-refractivity contribution < 1.29 is 13.6 Å². The number of rotatable bonds is 7. The molecule has 3 aromatic rings. The summed E-state index contributed by atoms with van der Waals surface area (Å²) in [6.07, 6.45) is 0. The molecule has 2 aromatic carbocycles. The Morgan fingerprint density at radius 2 is 1.63 bits per heavy atom. The first-order chi connectivity index (χ1) is 13.0. The Kier molecular flexibility index (Phi) is 6.04. The summed E-state index contributed by atoms with van der Waals surface area (Å²) in [6.45, 7) is 1.79. The van der Waals surface area contributed by atoms with Crippen LogP contribution in [0.4, 0.5) is 4.39 Å². The lowest BCUT2D eigenvalue weighted by Gasteiger charge is -2.23. The highest BCUT2D eigenvalue weighted by atomic mass is 19.1. The number of furan rings is 1. The van der Waals surface area contributed by atoms with E-state index in [4.69, 9.17) is 4.42 Å². The van der Waals surface area contributed by atoms with Gasteiger partial charge in [-0.05, 0) is 43.9 Å². The van der Waals surface area contributed by atoms with Crippen molar-refractivity contribution in [1.29, 1.82) is 0 Å². The summed E-state index contributed by atoms with van der Waals surface area (Å²) in [4.78, 5) is 16.8. The van der Waals surface area contributed by atoms with Crippen LogP contribution in [-0.2, 0) is 6.54 Å². The Morgan fingerprint density at radius 1 is 0.926 bits per heavy atom. The lowest BCUT2D eigenvalue weighted by atomic mass is 10.1. The van der Waals surface area contributed by atoms with Gasteiger partial charge in [0.1, 0.15) is 11.6 Å². The fraction of sp³-hybridized carbons (Fsp3) is 0.227. The molecule has 0 aliphatic carbocycles. The normalized spacial score (nSPS) is 11.0. The van der Waals surface area contributed by atoms with Gasteiger partial charge in [0.2, 0.25) is 0 Å². The van der Waals surface area contributed by atoms with Gasteiger partial charge >= 0.3 is 0 Å². The summed E-state index contributed by atoms with van der Waals surface area (Å²) in [7, 11) is 3.93. The molecular weight excluding hydrogens is 343 g/mol. The van der Waals surface area contributed by atoms with E-state index >= 15 is 0 Å². The van der Waals surface area contributed by atoms with Crippen molar-refractivity contribution in [3.8, 4) is 11.3 Å². The van der Waals surface area contributed by atoms with Crippen LogP contribution < -0.4 is 0 Å². The average Bonchev–Trinajstić information content (AvgIpc) is 3.15. The van der Waals surface area contributed by atoms with Gasteiger partial charge in [-0.3, -0.25) is 4.79 Å². The Balaban J connectivity index is 1.82. The van der Waals surface area contributed by atoms with Crippen LogP contribution >= 0.6 is 0 Å². The SMILES string of the molecule is CN(C)CCN(Cc1ccccc1)C(=O)c1ccc(-c2ccccc2F)o1. The first kappa shape index (κ1) is 18.9. The monoisotopic (exact) mass is 366 g/mol. The van der Waals surface area contributed by atoms with Gasteiger partial charge in [0.15, 0.2) is 5.76 Å². The molecule has 0 saturated heterocycles. The van der Waals surface area contributed by atoms with Crippen LogP contribution in [0.1, 0.15) is 16.1 Å². The minimum Gasteiger partial charge on any atom is -0.451 e. The molecule has 0 aliphatic rings. The van der Waals surface area contributed by atoms with E-state index in [1.807, 2.05) is 49.3 Å². The zero-order chi connectivity index (χ0) is 19.2. The lowest BCUT2D eigenvalue weighted by molar-refractivity contribution is 0.0700. The molecule has 27 heavy (non-hydrogen) atoms. The third-order valence-electron chi connectivity index (χ3n) is 4.28. The van der Waals surface area contributed by atoms with Crippen LogP contribution in [0.3, 0.4) is 0 Å². The fourth-order valence-corrected chi connectivity index (χ4v) is 2.79. The Bertz CT molecular complexity index is 890. The number of amides is 1. The highest BCUT2D eigenvalue weighted by Crippen LogP contribution is 2.25. The van der Waals surface area contributed by atoms with Crippen LogP contribution in [0, 0.1) is 5.82 Å². The molecule has 0 bridgehead atoms. The molecule has 0 saturated carbocycles. The van der Waals surface area contributed by atoms with Crippen LogP contribution in [-0.4, -0.2) is 42.9 Å². The maximum absolute atomic E-state index is 14.0. The van der Waals surface area contributed by atoms with E-state index in [-0.39, 0.29) is 17.5 Å². The largest absolute Gasteiger partial charge is 0.451 e. The molecule has 1 heterocycles. The summed E-state index contributed by atoms with van der Waals surface area (Å²) < 4.78 is 19.7. The molecular formula is C22H23FN2O2. The third-order valence-corrected chi connectivity index (χ3v) is 4.28. The molecule has 0 radical (unpaired) electrons. The quantitative estimate of drug-likeness (QED) is 0.626. The molecule has 0 fully saturated rings. The summed E-state index contributed by atoms with van der Waals surface area (Å²) in [6, 6.07) is 19.4. The Hall–Kier alpha value is -2.92. The number of nitrogens with zero attached hydrogens (tertiary/aromatic N) is 2. The molecule has 4 nitrogen and oxygen atoms in total. The zero-order valence-corrected chi connectivity index (χ0v) is 15.6. The minimum absolute atomic E-state index is 0.205. The van der Waals surface area contributed by atoms with E-state index in [2.05, 4.69) is 0 Å². The summed E-state index contributed by atoms with van der Waals surface area (Å²) in [5.74, 6) is -0.0189. The van der Waals surface area contributed by atoms with Gasteiger partial charge in [0, 0.05) is 19.6 Å². The molecule has 0 N–H and O–H groups in total. The third kappa shape index (κ3) is 4.83. The van der Waals surface area contributed by atoms with Gasteiger partial charge in [-0.25, -0.2) is 4.39 Å². The number of hydrogen-bond donors (Lipinski definition) is 0. The molecule has 1 amide bonds. The predicted molar refractivity (Wildman–Crippen MR) is 104 cm³/mol. The summed E-state index contributed by atoms with van der Waals surface area (Å²) in [5.41, 5.74) is 1.39. The number of carbonyl (C=O) groups is 1. The second-order valence-electron chi connectivity index (χ2n) is 6.66. The highest BCUT2D eigenvalue weighted by molar-refractivity contribution is 5.92. The van der Waals surface area contributed by atoms with E-state index in [9.17, 15) is 9.18 Å². The van der Waals surface area contributed by atoms with Crippen LogP contribution in [0.25, 0.3) is 11.3 Å². The zero-order valence-electron chi connectivity index (χ0n) is 15.6. The second-order valence-corrected chi connectivity index (χ2v) is 6.66. The van der Waals surface area contributed by atoms with Crippen LogP contribution in [0.5, 0.6) is 0 Å². The Labute approximate surface area is 158 Å². The molecule has 140 valence electrons. The fourth-order valence-electron chi connectivity index (χ4n) is 2.79. The summed E-state index contributed by atoms with van der Waals surface area (Å²) in [5, 5.41) is 0. The minimum atomic E-state index is -0.375. The van der Waals surface area contributed by atoms with E-state index in [0.29, 0.717) is 24.4 Å². The van der Waals surface area contributed by atoms with Gasteiger partial charge in [-0.1, -0.05) is 42.5 Å². The van der Waals surface area contributed by atoms with Crippen LogP contribution in [0.2, 0.25) is 0 Å². The molecule has 0 aliphatic heterocycles. The van der Waals surface area contributed by atoms with Crippen molar-refractivity contribution in [3.05, 3.63) is 83.9 Å². The van der Waals surface area contributed by atoms with Gasteiger partial charge in [0.05, 0.1) is 5.56 Å². The van der Waals surface area contributed by atoms with Crippen molar-refractivity contribution in [1.82, 2.24) is 9.80 Å². The van der Waals surface area contributed by atoms with E-state index in [1.54, 1.807) is 35.2 Å². The Morgan fingerprint density at radius 3 is 2.33 bits per heavy atom. The average molecular weight is 366 g/mol. The van der Waals surface area contributed by atoms with Crippen molar-refractivity contribution in [2.45, 2.75) is 6.54 Å². The standard InChI is InChI=1S/C22H23FN2O2/c1-24(2)14-15-25(16-17-8-4-3-5-9-17)22(26)21-13-12-20(27-21)18-10-6-7-11-19(18)23/h3-13H,14-16H2,1-2H3. The summed E-state index contributed by atoms with van der Waals surface area (Å²) >= 11 is 0. The molecule has 5 heteroatoms. The van der Waals surface area contributed by atoms with Crippen molar-refractivity contribution in [3.63, 3.8) is 0 Å². The number of benzene rings is 2. The van der Waals surface area contributed by atoms with Gasteiger partial charge < -0.3 is 14.2 Å². The smallest absolute Gasteiger partial charge is 0.289 e. The maximum Gasteiger partial charge on any atom is 0.289 e. The number of hydrogen-bond acceptors (Lipinski definition) is 3. The highest BCUT2D eigenvalue weighted by Gasteiger charge is 2.21. The first-order valence-electron chi connectivity index (χ1n) is 8.87. The molecule has 0 spiro atoms. The number of carbonyl (C=O) groups excluding carboxylic acids is 1. The predicted octanol–water partition coefficient (Wildman–Crippen LogP) is 4.29. The van der Waals surface area contributed by atoms with E-state index in [0.717, 1.165) is 12.1 Å². The lowest BCUT2D eigenvalue weighted by Crippen LogP contribution is -2.36. The second kappa shape index (κ2) is 8.64. The molecule has 0 unspecified atom stereocenters. The van der Waals surface area contributed by atoms with Gasteiger partial charge in [-0.2, -0.15) is 0 Å². The van der Waals surface area contributed by atoms with E-state index < -0.39 is 0 Å². The number of likely N-dealkylation sites (N-methyl/N-ethyl adjacent to an activating group) is 1. The van der Waals surface area contributed by atoms with Gasteiger partial charge in [-0.15, -0.1) is 0 Å². The molecule has 3 rings (SSSR count). The first-order valence-corrected chi connectivity index (χ1v) is 8.87. The molecule has 1 aromatic heterocycles.